The molecule has 0 atom stereocenters. The zero-order chi connectivity index (χ0) is 15.2. The van der Waals surface area contributed by atoms with Crippen LogP contribution in [0.3, 0.4) is 0 Å². The molecule has 0 spiro atoms. The lowest BCUT2D eigenvalue weighted by molar-refractivity contribution is 0.0683. The molecule has 1 aromatic heterocycles. The first-order valence-corrected chi connectivity index (χ1v) is 8.28. The quantitative estimate of drug-likeness (QED) is 0.882. The van der Waals surface area contributed by atoms with Crippen molar-refractivity contribution in [2.24, 2.45) is 0 Å². The van der Waals surface area contributed by atoms with Crippen LogP contribution < -0.4 is 10.6 Å². The molecule has 2 N–H and O–H groups in total. The maximum Gasteiger partial charge on any atom is 0.0907 e. The molecular weight excluding hydrogens is 280 g/mol. The van der Waals surface area contributed by atoms with Crippen molar-refractivity contribution in [3.05, 3.63) is 17.1 Å². The van der Waals surface area contributed by atoms with Gasteiger partial charge in [-0.2, -0.15) is 0 Å². The van der Waals surface area contributed by atoms with E-state index in [2.05, 4.69) is 48.1 Å². The molecule has 3 rings (SSSR count). The lowest BCUT2D eigenvalue weighted by Crippen LogP contribution is -2.56. The van der Waals surface area contributed by atoms with E-state index in [0.29, 0.717) is 5.54 Å². The molecule has 0 aliphatic heterocycles. The van der Waals surface area contributed by atoms with Gasteiger partial charge in [0.2, 0.25) is 0 Å². The molecule has 0 unspecified atom stereocenters. The van der Waals surface area contributed by atoms with Crippen LogP contribution in [0, 0.1) is 6.92 Å². The second kappa shape index (κ2) is 5.14. The molecular formula is C16H24N4S. The van der Waals surface area contributed by atoms with Crippen LogP contribution in [-0.4, -0.2) is 43.1 Å². The minimum absolute atomic E-state index is 0.300. The van der Waals surface area contributed by atoms with E-state index in [0.717, 1.165) is 28.4 Å². The summed E-state index contributed by atoms with van der Waals surface area (Å²) in [6.07, 6.45) is 3.86. The first-order chi connectivity index (χ1) is 9.91. The van der Waals surface area contributed by atoms with Gasteiger partial charge < -0.3 is 15.5 Å². The number of benzene rings is 1. The van der Waals surface area contributed by atoms with Crippen molar-refractivity contribution in [3.63, 3.8) is 0 Å². The Labute approximate surface area is 130 Å². The Bertz CT molecular complexity index is 658. The fourth-order valence-corrected chi connectivity index (χ4v) is 4.14. The fourth-order valence-electron chi connectivity index (χ4n) is 3.28. The van der Waals surface area contributed by atoms with Gasteiger partial charge in [0.15, 0.2) is 0 Å². The highest BCUT2D eigenvalue weighted by Gasteiger charge is 2.40. The molecule has 114 valence electrons. The van der Waals surface area contributed by atoms with Gasteiger partial charge in [-0.1, -0.05) is 0 Å². The number of nitrogens with two attached hydrogens (primary N) is 1. The van der Waals surface area contributed by atoms with E-state index in [4.69, 9.17) is 5.73 Å². The first-order valence-electron chi connectivity index (χ1n) is 7.46. The van der Waals surface area contributed by atoms with E-state index < -0.39 is 0 Å². The third kappa shape index (κ3) is 2.49. The summed E-state index contributed by atoms with van der Waals surface area (Å²) in [7, 11) is 6.51. The molecule has 5 heteroatoms. The topological polar surface area (TPSA) is 45.4 Å². The summed E-state index contributed by atoms with van der Waals surface area (Å²) in [6, 6.07) is 4.20. The fraction of sp³-hybridized carbons (Fsp3) is 0.562. The molecule has 2 aromatic rings. The maximum atomic E-state index is 6.27. The highest BCUT2D eigenvalue weighted by atomic mass is 32.1. The van der Waals surface area contributed by atoms with Crippen molar-refractivity contribution in [2.75, 3.05) is 38.3 Å². The van der Waals surface area contributed by atoms with Crippen molar-refractivity contribution in [1.29, 1.82) is 0 Å². The number of nitrogen functional groups attached to an aromatic ring is 1. The molecule has 1 fully saturated rings. The van der Waals surface area contributed by atoms with Gasteiger partial charge in [-0.15, -0.1) is 11.3 Å². The van der Waals surface area contributed by atoms with Crippen LogP contribution >= 0.6 is 11.3 Å². The minimum Gasteiger partial charge on any atom is -0.397 e. The number of fused-ring (bicyclic) bond motifs is 1. The van der Waals surface area contributed by atoms with E-state index in [1.807, 2.05) is 6.92 Å². The molecule has 0 amide bonds. The van der Waals surface area contributed by atoms with Crippen LogP contribution in [0.25, 0.3) is 10.2 Å². The molecule has 1 aliphatic rings. The molecule has 1 saturated carbocycles. The van der Waals surface area contributed by atoms with E-state index in [1.54, 1.807) is 11.3 Å². The Morgan fingerprint density at radius 2 is 2.00 bits per heavy atom. The zero-order valence-electron chi connectivity index (χ0n) is 13.3. The van der Waals surface area contributed by atoms with E-state index in [-0.39, 0.29) is 0 Å². The van der Waals surface area contributed by atoms with Crippen molar-refractivity contribution in [3.8, 4) is 0 Å². The van der Waals surface area contributed by atoms with Crippen molar-refractivity contribution in [2.45, 2.75) is 31.7 Å². The lowest BCUT2D eigenvalue weighted by atomic mass is 9.75. The SMILES string of the molecule is Cc1nc2cc(N(C)CC3(N(C)C)CCC3)c(N)cc2s1. The normalized spacial score (nSPS) is 17.2. The summed E-state index contributed by atoms with van der Waals surface area (Å²) in [4.78, 5) is 9.25. The molecule has 0 saturated heterocycles. The Balaban J connectivity index is 1.90. The highest BCUT2D eigenvalue weighted by molar-refractivity contribution is 7.18. The van der Waals surface area contributed by atoms with Gasteiger partial charge in [0, 0.05) is 19.1 Å². The number of thiazole rings is 1. The van der Waals surface area contributed by atoms with E-state index >= 15 is 0 Å². The number of aryl methyl sites for hydroxylation is 1. The number of rotatable bonds is 4. The third-order valence-electron chi connectivity index (χ3n) is 4.82. The van der Waals surface area contributed by atoms with Crippen LogP contribution in [0.15, 0.2) is 12.1 Å². The first kappa shape index (κ1) is 14.6. The summed E-state index contributed by atoms with van der Waals surface area (Å²) in [6.45, 7) is 3.05. The zero-order valence-corrected chi connectivity index (χ0v) is 14.1. The number of hydrogen-bond donors (Lipinski definition) is 1. The van der Waals surface area contributed by atoms with Crippen LogP contribution in [0.4, 0.5) is 11.4 Å². The second-order valence-electron chi connectivity index (χ2n) is 6.44. The Morgan fingerprint density at radius 3 is 2.57 bits per heavy atom. The van der Waals surface area contributed by atoms with Crippen LogP contribution in [0.5, 0.6) is 0 Å². The van der Waals surface area contributed by atoms with Crippen molar-refractivity contribution in [1.82, 2.24) is 9.88 Å². The van der Waals surface area contributed by atoms with E-state index in [1.165, 1.54) is 24.0 Å². The Hall–Kier alpha value is -1.33. The van der Waals surface area contributed by atoms with Gasteiger partial charge in [0.25, 0.3) is 0 Å². The number of likely N-dealkylation sites (N-methyl/N-ethyl adjacent to an activating group) is 2. The maximum absolute atomic E-state index is 6.27. The lowest BCUT2D eigenvalue weighted by Gasteiger charge is -2.49. The van der Waals surface area contributed by atoms with Gasteiger partial charge in [0.05, 0.1) is 26.6 Å². The Morgan fingerprint density at radius 1 is 1.29 bits per heavy atom. The molecule has 1 heterocycles. The summed E-state index contributed by atoms with van der Waals surface area (Å²) in [5, 5.41) is 1.09. The van der Waals surface area contributed by atoms with Crippen LogP contribution in [0.1, 0.15) is 24.3 Å². The van der Waals surface area contributed by atoms with Crippen LogP contribution in [0.2, 0.25) is 0 Å². The van der Waals surface area contributed by atoms with Crippen molar-refractivity contribution < 1.29 is 0 Å². The van der Waals surface area contributed by atoms with Gasteiger partial charge >= 0.3 is 0 Å². The summed E-state index contributed by atoms with van der Waals surface area (Å²) < 4.78 is 1.17. The molecule has 1 aromatic carbocycles. The standard InChI is InChI=1S/C16H24N4S/c1-11-18-13-9-14(12(17)8-15(13)21-11)20(4)10-16(19(2)3)6-5-7-16/h8-9H,5-7,10,17H2,1-4H3. The van der Waals surface area contributed by atoms with Gasteiger partial charge in [-0.25, -0.2) is 4.98 Å². The largest absolute Gasteiger partial charge is 0.397 e. The number of nitrogens with zero attached hydrogens (tertiary/aromatic N) is 3. The predicted octanol–water partition coefficient (Wildman–Crippen LogP) is 3.11. The smallest absolute Gasteiger partial charge is 0.0907 e. The summed E-state index contributed by atoms with van der Waals surface area (Å²) >= 11 is 1.70. The van der Waals surface area contributed by atoms with Gasteiger partial charge in [-0.3, -0.25) is 0 Å². The third-order valence-corrected chi connectivity index (χ3v) is 5.75. The Kier molecular flexibility index (Phi) is 3.58. The average molecular weight is 304 g/mol. The molecule has 4 nitrogen and oxygen atoms in total. The second-order valence-corrected chi connectivity index (χ2v) is 7.67. The predicted molar refractivity (Wildman–Crippen MR) is 92.3 cm³/mol. The number of anilines is 2. The minimum atomic E-state index is 0.300. The van der Waals surface area contributed by atoms with Gasteiger partial charge in [-0.05, 0) is 52.4 Å². The summed E-state index contributed by atoms with van der Waals surface area (Å²) in [5.41, 5.74) is 9.58. The monoisotopic (exact) mass is 304 g/mol. The highest BCUT2D eigenvalue weighted by Crippen LogP contribution is 2.39. The molecule has 0 radical (unpaired) electrons. The van der Waals surface area contributed by atoms with Crippen LogP contribution in [-0.2, 0) is 0 Å². The molecule has 1 aliphatic carbocycles. The number of aromatic nitrogens is 1. The summed E-state index contributed by atoms with van der Waals surface area (Å²) in [5.74, 6) is 0. The average Bonchev–Trinajstić information content (AvgIpc) is 2.71. The van der Waals surface area contributed by atoms with E-state index in [9.17, 15) is 0 Å². The molecule has 21 heavy (non-hydrogen) atoms. The number of hydrogen-bond acceptors (Lipinski definition) is 5. The van der Waals surface area contributed by atoms with Crippen molar-refractivity contribution >= 4 is 32.9 Å². The van der Waals surface area contributed by atoms with Gasteiger partial charge in [0.1, 0.15) is 0 Å². The molecule has 0 bridgehead atoms.